The summed E-state index contributed by atoms with van der Waals surface area (Å²) in [5.41, 5.74) is 0. The van der Waals surface area contributed by atoms with Gasteiger partial charge < -0.3 is 10.2 Å². The molecule has 0 saturated carbocycles. The van der Waals surface area contributed by atoms with Gasteiger partial charge in [0.2, 0.25) is 5.91 Å². The van der Waals surface area contributed by atoms with Crippen LogP contribution in [0.3, 0.4) is 0 Å². The molecule has 1 amide bonds. The molecule has 1 atom stereocenters. The summed E-state index contributed by atoms with van der Waals surface area (Å²) in [6.07, 6.45) is 1.38. The molecule has 92 valence electrons. The predicted molar refractivity (Wildman–Crippen MR) is 63.1 cm³/mol. The molecule has 0 aromatic carbocycles. The third-order valence-corrected chi connectivity index (χ3v) is 2.93. The molecule has 1 N–H and O–H groups in total. The molecule has 1 aliphatic rings. The van der Waals surface area contributed by atoms with Crippen molar-refractivity contribution in [3.8, 4) is 0 Å². The van der Waals surface area contributed by atoms with Gasteiger partial charge in [-0.05, 0) is 6.42 Å². The largest absolute Gasteiger partial charge is 0.330 e. The van der Waals surface area contributed by atoms with Gasteiger partial charge in [0.05, 0.1) is 0 Å². The average Bonchev–Trinajstić information content (AvgIpc) is 2.28. The monoisotopic (exact) mass is 226 g/mol. The van der Waals surface area contributed by atoms with Gasteiger partial charge in [-0.1, -0.05) is 20.8 Å². The van der Waals surface area contributed by atoms with Crippen molar-refractivity contribution in [3.05, 3.63) is 0 Å². The van der Waals surface area contributed by atoms with Crippen LogP contribution in [-0.2, 0) is 9.59 Å². The number of nitrogens with zero attached hydrogens (tertiary/aromatic N) is 1. The van der Waals surface area contributed by atoms with Gasteiger partial charge in [0.25, 0.3) is 0 Å². The van der Waals surface area contributed by atoms with Gasteiger partial charge in [-0.15, -0.1) is 0 Å². The summed E-state index contributed by atoms with van der Waals surface area (Å²) < 4.78 is 0. The number of amides is 1. The van der Waals surface area contributed by atoms with Crippen molar-refractivity contribution in [2.24, 2.45) is 5.92 Å². The number of hydrogen-bond donors (Lipinski definition) is 1. The highest BCUT2D eigenvalue weighted by Crippen LogP contribution is 2.12. The maximum Gasteiger partial charge on any atom is 0.223 e. The molecule has 0 aromatic rings. The maximum absolute atomic E-state index is 12.0. The highest BCUT2D eigenvalue weighted by Gasteiger charge is 2.32. The van der Waals surface area contributed by atoms with Crippen molar-refractivity contribution < 1.29 is 9.59 Å². The summed E-state index contributed by atoms with van der Waals surface area (Å²) in [7, 11) is 0. The van der Waals surface area contributed by atoms with Crippen molar-refractivity contribution in [2.75, 3.05) is 19.6 Å². The zero-order valence-corrected chi connectivity index (χ0v) is 10.5. The lowest BCUT2D eigenvalue weighted by molar-refractivity contribution is -0.141. The maximum atomic E-state index is 12.0. The van der Waals surface area contributed by atoms with Crippen LogP contribution < -0.4 is 5.32 Å². The Hall–Kier alpha value is -0.900. The minimum absolute atomic E-state index is 0.0122. The molecule has 1 fully saturated rings. The summed E-state index contributed by atoms with van der Waals surface area (Å²) in [5.74, 6) is 0.265. The van der Waals surface area contributed by atoms with Crippen LogP contribution in [0.5, 0.6) is 0 Å². The lowest BCUT2D eigenvalue weighted by atomic mass is 9.98. The lowest BCUT2D eigenvalue weighted by Gasteiger charge is -2.36. The smallest absolute Gasteiger partial charge is 0.223 e. The van der Waals surface area contributed by atoms with Crippen LogP contribution in [0, 0.1) is 5.92 Å². The van der Waals surface area contributed by atoms with E-state index in [-0.39, 0.29) is 23.7 Å². The fourth-order valence-electron chi connectivity index (χ4n) is 2.00. The molecule has 1 saturated heterocycles. The molecule has 1 heterocycles. The molecular formula is C12H22N2O2. The van der Waals surface area contributed by atoms with Crippen molar-refractivity contribution in [3.63, 3.8) is 0 Å². The number of nitrogens with one attached hydrogen (secondary N) is 1. The highest BCUT2D eigenvalue weighted by molar-refractivity contribution is 5.90. The Balaban J connectivity index is 2.71. The number of rotatable bonds is 4. The first-order valence-corrected chi connectivity index (χ1v) is 6.11. The van der Waals surface area contributed by atoms with E-state index in [2.05, 4.69) is 5.32 Å². The van der Waals surface area contributed by atoms with Crippen LogP contribution in [0.4, 0.5) is 0 Å². The SMILES string of the molecule is CCCC(=O)N1CCNC[C@H]1C(=O)C(C)C. The summed E-state index contributed by atoms with van der Waals surface area (Å²) in [6, 6.07) is -0.257. The van der Waals surface area contributed by atoms with Gasteiger partial charge in [0.1, 0.15) is 6.04 Å². The van der Waals surface area contributed by atoms with Crippen LogP contribution in [0.2, 0.25) is 0 Å². The Morgan fingerprint density at radius 2 is 2.12 bits per heavy atom. The van der Waals surface area contributed by atoms with Crippen molar-refractivity contribution in [1.29, 1.82) is 0 Å². The Bertz CT molecular complexity index is 264. The van der Waals surface area contributed by atoms with E-state index in [0.29, 0.717) is 19.5 Å². The van der Waals surface area contributed by atoms with Gasteiger partial charge in [-0.2, -0.15) is 0 Å². The Labute approximate surface area is 97.4 Å². The normalized spacial score (nSPS) is 21.2. The van der Waals surface area contributed by atoms with E-state index in [1.54, 1.807) is 4.90 Å². The van der Waals surface area contributed by atoms with Gasteiger partial charge >= 0.3 is 0 Å². The molecule has 1 aliphatic heterocycles. The Morgan fingerprint density at radius 3 is 2.69 bits per heavy atom. The van der Waals surface area contributed by atoms with Crippen LogP contribution in [0.25, 0.3) is 0 Å². The molecule has 16 heavy (non-hydrogen) atoms. The lowest BCUT2D eigenvalue weighted by Crippen LogP contribution is -2.57. The second-order valence-corrected chi connectivity index (χ2v) is 4.61. The second kappa shape index (κ2) is 5.99. The van der Waals surface area contributed by atoms with Gasteiger partial charge in [-0.25, -0.2) is 0 Å². The number of piperazine rings is 1. The van der Waals surface area contributed by atoms with Gasteiger partial charge in [0, 0.05) is 32.0 Å². The molecule has 4 heteroatoms. The standard InChI is InChI=1S/C12H22N2O2/c1-4-5-11(15)14-7-6-13-8-10(14)12(16)9(2)3/h9-10,13H,4-8H2,1-3H3/t10-/m0/s1. The minimum Gasteiger partial charge on any atom is -0.330 e. The fraction of sp³-hybridized carbons (Fsp3) is 0.833. The topological polar surface area (TPSA) is 49.4 Å². The first-order valence-electron chi connectivity index (χ1n) is 6.11. The zero-order chi connectivity index (χ0) is 12.1. The Morgan fingerprint density at radius 1 is 1.44 bits per heavy atom. The van der Waals surface area contributed by atoms with Crippen molar-refractivity contribution in [1.82, 2.24) is 10.2 Å². The van der Waals surface area contributed by atoms with E-state index in [9.17, 15) is 9.59 Å². The van der Waals surface area contributed by atoms with Gasteiger partial charge in [0.15, 0.2) is 5.78 Å². The molecule has 0 unspecified atom stereocenters. The van der Waals surface area contributed by atoms with E-state index in [1.165, 1.54) is 0 Å². The molecule has 0 bridgehead atoms. The molecular weight excluding hydrogens is 204 g/mol. The van der Waals surface area contributed by atoms with Gasteiger partial charge in [-0.3, -0.25) is 9.59 Å². The predicted octanol–water partition coefficient (Wildman–Crippen LogP) is 0.812. The van der Waals surface area contributed by atoms with E-state index < -0.39 is 0 Å². The van der Waals surface area contributed by atoms with Crippen LogP contribution >= 0.6 is 0 Å². The van der Waals surface area contributed by atoms with E-state index >= 15 is 0 Å². The third-order valence-electron chi connectivity index (χ3n) is 2.93. The zero-order valence-electron chi connectivity index (χ0n) is 10.5. The van der Waals surface area contributed by atoms with E-state index in [0.717, 1.165) is 13.0 Å². The average molecular weight is 226 g/mol. The van der Waals surface area contributed by atoms with Crippen LogP contribution in [0.1, 0.15) is 33.6 Å². The fourth-order valence-corrected chi connectivity index (χ4v) is 2.00. The number of Topliss-reactive ketones (excluding diaryl/α,β-unsaturated/α-hetero) is 1. The first kappa shape index (κ1) is 13.2. The summed E-state index contributed by atoms with van der Waals surface area (Å²) in [4.78, 5) is 25.6. The molecule has 4 nitrogen and oxygen atoms in total. The molecule has 0 aliphatic carbocycles. The molecule has 0 spiro atoms. The summed E-state index contributed by atoms with van der Waals surface area (Å²) in [6.45, 7) is 7.81. The van der Waals surface area contributed by atoms with Crippen molar-refractivity contribution in [2.45, 2.75) is 39.7 Å². The first-order chi connectivity index (χ1) is 7.57. The van der Waals surface area contributed by atoms with E-state index in [1.807, 2.05) is 20.8 Å². The third kappa shape index (κ3) is 3.04. The number of ketones is 1. The minimum atomic E-state index is -0.257. The second-order valence-electron chi connectivity index (χ2n) is 4.61. The molecule has 0 aromatic heterocycles. The number of carbonyl (C=O) groups is 2. The molecule has 0 radical (unpaired) electrons. The molecule has 1 rings (SSSR count). The number of hydrogen-bond acceptors (Lipinski definition) is 3. The van der Waals surface area contributed by atoms with Crippen LogP contribution in [-0.4, -0.2) is 42.3 Å². The van der Waals surface area contributed by atoms with Crippen molar-refractivity contribution >= 4 is 11.7 Å². The quantitative estimate of drug-likeness (QED) is 0.772. The highest BCUT2D eigenvalue weighted by atomic mass is 16.2. The van der Waals surface area contributed by atoms with Crippen LogP contribution in [0.15, 0.2) is 0 Å². The summed E-state index contributed by atoms with van der Waals surface area (Å²) >= 11 is 0. The van der Waals surface area contributed by atoms with E-state index in [4.69, 9.17) is 0 Å². The number of carbonyl (C=O) groups excluding carboxylic acids is 2. The Kier molecular flexibility index (Phi) is 4.93. The summed E-state index contributed by atoms with van der Waals surface area (Å²) in [5, 5.41) is 3.18.